The third kappa shape index (κ3) is 3.78. The number of methoxy groups -OCH3 is 1. The third-order valence-corrected chi connectivity index (χ3v) is 6.00. The van der Waals surface area contributed by atoms with Crippen LogP contribution in [0.1, 0.15) is 5.56 Å². The van der Waals surface area contributed by atoms with Crippen LogP contribution in [0.2, 0.25) is 0 Å². The van der Waals surface area contributed by atoms with E-state index in [-0.39, 0.29) is 5.91 Å². The molecule has 0 saturated carbocycles. The highest BCUT2D eigenvalue weighted by atomic mass is 32.2. The third-order valence-electron chi connectivity index (χ3n) is 4.70. The van der Waals surface area contributed by atoms with Gasteiger partial charge in [0.25, 0.3) is 5.91 Å². The van der Waals surface area contributed by atoms with Crippen molar-refractivity contribution in [3.8, 4) is 5.75 Å². The number of para-hydroxylation sites is 1. The van der Waals surface area contributed by atoms with Crippen molar-refractivity contribution >= 4 is 51.7 Å². The van der Waals surface area contributed by atoms with Crippen molar-refractivity contribution in [1.82, 2.24) is 0 Å². The molecule has 144 valence electrons. The number of ether oxygens (including phenoxy) is 2. The Bertz CT molecular complexity index is 922. The SMILES string of the molecule is COc1ccc(N2C(=O)/C(=C\c3ccccc3N3CCOCC3)SC2=S)cc1. The lowest BCUT2D eigenvalue weighted by molar-refractivity contribution is -0.113. The van der Waals surface area contributed by atoms with Crippen molar-refractivity contribution in [3.05, 3.63) is 59.0 Å². The number of thiocarbonyl (C=S) groups is 1. The second-order valence-electron chi connectivity index (χ2n) is 6.37. The molecule has 2 aliphatic heterocycles. The number of thioether (sulfide) groups is 1. The van der Waals surface area contributed by atoms with Gasteiger partial charge in [-0.15, -0.1) is 0 Å². The molecule has 2 aromatic carbocycles. The molecule has 2 aliphatic rings. The Morgan fingerprint density at radius 2 is 1.82 bits per heavy atom. The Kier molecular flexibility index (Phi) is 5.66. The second-order valence-corrected chi connectivity index (χ2v) is 8.05. The summed E-state index contributed by atoms with van der Waals surface area (Å²) in [5.41, 5.74) is 2.87. The lowest BCUT2D eigenvalue weighted by Gasteiger charge is -2.30. The molecule has 0 N–H and O–H groups in total. The van der Waals surface area contributed by atoms with Crippen LogP contribution < -0.4 is 14.5 Å². The molecule has 7 heteroatoms. The number of hydrogen-bond donors (Lipinski definition) is 0. The van der Waals surface area contributed by atoms with E-state index in [0.29, 0.717) is 22.4 Å². The first-order chi connectivity index (χ1) is 13.7. The highest BCUT2D eigenvalue weighted by molar-refractivity contribution is 8.27. The van der Waals surface area contributed by atoms with Crippen LogP contribution in [0.4, 0.5) is 11.4 Å². The maximum atomic E-state index is 13.0. The summed E-state index contributed by atoms with van der Waals surface area (Å²) < 4.78 is 11.2. The lowest BCUT2D eigenvalue weighted by Crippen LogP contribution is -2.36. The summed E-state index contributed by atoms with van der Waals surface area (Å²) in [4.78, 5) is 17.5. The van der Waals surface area contributed by atoms with E-state index in [4.69, 9.17) is 21.7 Å². The lowest BCUT2D eigenvalue weighted by atomic mass is 10.1. The fourth-order valence-corrected chi connectivity index (χ4v) is 4.55. The van der Waals surface area contributed by atoms with Gasteiger partial charge in [0.2, 0.25) is 0 Å². The molecule has 0 unspecified atom stereocenters. The number of rotatable bonds is 4. The molecule has 5 nitrogen and oxygen atoms in total. The molecule has 0 atom stereocenters. The summed E-state index contributed by atoms with van der Waals surface area (Å²) >= 11 is 6.81. The van der Waals surface area contributed by atoms with E-state index in [1.165, 1.54) is 11.8 Å². The van der Waals surface area contributed by atoms with E-state index in [0.717, 1.165) is 35.8 Å². The fourth-order valence-electron chi connectivity index (χ4n) is 3.26. The van der Waals surface area contributed by atoms with Gasteiger partial charge >= 0.3 is 0 Å². The molecule has 2 fully saturated rings. The number of anilines is 2. The standard InChI is InChI=1S/C21H20N2O3S2/c1-25-17-8-6-16(7-9-17)23-20(24)19(28-21(23)27)14-15-4-2-3-5-18(15)22-10-12-26-13-11-22/h2-9,14H,10-13H2,1H3/b19-14+. The predicted molar refractivity (Wildman–Crippen MR) is 118 cm³/mol. The van der Waals surface area contributed by atoms with Gasteiger partial charge in [0.05, 0.1) is 30.9 Å². The Balaban J connectivity index is 1.62. The van der Waals surface area contributed by atoms with Crippen molar-refractivity contribution < 1.29 is 14.3 Å². The van der Waals surface area contributed by atoms with Crippen molar-refractivity contribution in [2.45, 2.75) is 0 Å². The van der Waals surface area contributed by atoms with Gasteiger partial charge in [0.15, 0.2) is 4.32 Å². The van der Waals surface area contributed by atoms with Gasteiger partial charge in [-0.25, -0.2) is 0 Å². The summed E-state index contributed by atoms with van der Waals surface area (Å²) in [5.74, 6) is 0.640. The minimum Gasteiger partial charge on any atom is -0.497 e. The van der Waals surface area contributed by atoms with Crippen LogP contribution in [-0.2, 0) is 9.53 Å². The molecular weight excluding hydrogens is 392 g/mol. The van der Waals surface area contributed by atoms with E-state index >= 15 is 0 Å². The number of carbonyl (C=O) groups is 1. The van der Waals surface area contributed by atoms with Gasteiger partial charge in [-0.1, -0.05) is 42.2 Å². The van der Waals surface area contributed by atoms with Crippen LogP contribution in [0, 0.1) is 0 Å². The first-order valence-electron chi connectivity index (χ1n) is 9.01. The van der Waals surface area contributed by atoms with Gasteiger partial charge in [-0.3, -0.25) is 9.69 Å². The average molecular weight is 413 g/mol. The zero-order chi connectivity index (χ0) is 19.5. The monoisotopic (exact) mass is 412 g/mol. The van der Waals surface area contributed by atoms with Gasteiger partial charge in [0, 0.05) is 18.8 Å². The average Bonchev–Trinajstić information content (AvgIpc) is 3.02. The Labute approximate surface area is 173 Å². The molecule has 1 amide bonds. The topological polar surface area (TPSA) is 42.0 Å². The van der Waals surface area contributed by atoms with Crippen LogP contribution in [0.3, 0.4) is 0 Å². The quantitative estimate of drug-likeness (QED) is 0.560. The van der Waals surface area contributed by atoms with Crippen LogP contribution in [0.5, 0.6) is 5.75 Å². The number of amides is 1. The molecule has 28 heavy (non-hydrogen) atoms. The fraction of sp³-hybridized carbons (Fsp3) is 0.238. The Morgan fingerprint density at radius 1 is 1.11 bits per heavy atom. The first kappa shape index (κ1) is 19.0. The maximum absolute atomic E-state index is 13.0. The molecule has 0 radical (unpaired) electrons. The van der Waals surface area contributed by atoms with Gasteiger partial charge in [0.1, 0.15) is 5.75 Å². The highest BCUT2D eigenvalue weighted by Gasteiger charge is 2.33. The van der Waals surface area contributed by atoms with Crippen LogP contribution in [0.25, 0.3) is 6.08 Å². The van der Waals surface area contributed by atoms with E-state index in [1.807, 2.05) is 48.5 Å². The number of benzene rings is 2. The van der Waals surface area contributed by atoms with Crippen molar-refractivity contribution in [3.63, 3.8) is 0 Å². The zero-order valence-corrected chi connectivity index (χ0v) is 17.1. The van der Waals surface area contributed by atoms with Crippen molar-refractivity contribution in [1.29, 1.82) is 0 Å². The first-order valence-corrected chi connectivity index (χ1v) is 10.2. The van der Waals surface area contributed by atoms with Gasteiger partial charge in [-0.2, -0.15) is 0 Å². The van der Waals surface area contributed by atoms with Crippen LogP contribution in [-0.4, -0.2) is 43.6 Å². The van der Waals surface area contributed by atoms with E-state index < -0.39 is 0 Å². The molecule has 0 bridgehead atoms. The molecule has 2 saturated heterocycles. The Morgan fingerprint density at radius 3 is 2.54 bits per heavy atom. The molecule has 2 aromatic rings. The highest BCUT2D eigenvalue weighted by Crippen LogP contribution is 2.37. The summed E-state index contributed by atoms with van der Waals surface area (Å²) in [7, 11) is 1.61. The van der Waals surface area contributed by atoms with Crippen molar-refractivity contribution in [2.24, 2.45) is 0 Å². The minimum atomic E-state index is -0.100. The van der Waals surface area contributed by atoms with Crippen molar-refractivity contribution in [2.75, 3.05) is 43.2 Å². The van der Waals surface area contributed by atoms with Gasteiger partial charge in [-0.05, 0) is 42.0 Å². The smallest absolute Gasteiger partial charge is 0.270 e. The number of hydrogen-bond acceptors (Lipinski definition) is 6. The molecule has 2 heterocycles. The molecule has 0 aliphatic carbocycles. The molecule has 4 rings (SSSR count). The molecular formula is C21H20N2O3S2. The molecule has 0 aromatic heterocycles. The van der Waals surface area contributed by atoms with Crippen LogP contribution >= 0.6 is 24.0 Å². The second kappa shape index (κ2) is 8.34. The predicted octanol–water partition coefficient (Wildman–Crippen LogP) is 3.94. The summed E-state index contributed by atoms with van der Waals surface area (Å²) in [6, 6.07) is 15.5. The summed E-state index contributed by atoms with van der Waals surface area (Å²) in [6.07, 6.45) is 1.94. The van der Waals surface area contributed by atoms with E-state index in [1.54, 1.807) is 12.0 Å². The largest absolute Gasteiger partial charge is 0.497 e. The number of nitrogens with zero attached hydrogens (tertiary/aromatic N) is 2. The Hall–Kier alpha value is -2.35. The maximum Gasteiger partial charge on any atom is 0.270 e. The van der Waals surface area contributed by atoms with E-state index in [9.17, 15) is 4.79 Å². The number of morpholine rings is 1. The minimum absolute atomic E-state index is 0.100. The number of carbonyl (C=O) groups excluding carboxylic acids is 1. The normalized spacial score (nSPS) is 18.8. The molecule has 0 spiro atoms. The van der Waals surface area contributed by atoms with Crippen LogP contribution in [0.15, 0.2) is 53.4 Å². The van der Waals surface area contributed by atoms with Gasteiger partial charge < -0.3 is 14.4 Å². The van der Waals surface area contributed by atoms with E-state index in [2.05, 4.69) is 11.0 Å². The summed E-state index contributed by atoms with van der Waals surface area (Å²) in [5, 5.41) is 0. The zero-order valence-electron chi connectivity index (χ0n) is 15.5. The summed E-state index contributed by atoms with van der Waals surface area (Å²) in [6.45, 7) is 3.12.